The van der Waals surface area contributed by atoms with E-state index in [2.05, 4.69) is 15.6 Å². The van der Waals surface area contributed by atoms with E-state index in [9.17, 15) is 14.4 Å². The van der Waals surface area contributed by atoms with E-state index in [0.717, 1.165) is 5.56 Å². The lowest BCUT2D eigenvalue weighted by Gasteiger charge is -2.38. The second-order valence-corrected chi connectivity index (χ2v) is 5.37. The van der Waals surface area contributed by atoms with Crippen LogP contribution in [0, 0.1) is 11.3 Å². The third-order valence-electron chi connectivity index (χ3n) is 4.28. The van der Waals surface area contributed by atoms with Crippen molar-refractivity contribution in [2.24, 2.45) is 11.3 Å². The van der Waals surface area contributed by atoms with Crippen LogP contribution in [0.5, 0.6) is 0 Å². The number of nitrogens with one attached hydrogen (secondary N) is 2. The maximum atomic E-state index is 12.4. The smallest absolute Gasteiger partial charge is 0.277 e. The minimum atomic E-state index is -1.20. The highest BCUT2D eigenvalue weighted by atomic mass is 16.2. The van der Waals surface area contributed by atoms with E-state index in [4.69, 9.17) is 0 Å². The molecule has 4 amide bonds. The van der Waals surface area contributed by atoms with E-state index in [-0.39, 0.29) is 5.92 Å². The van der Waals surface area contributed by atoms with Crippen molar-refractivity contribution in [2.75, 3.05) is 0 Å². The maximum absolute atomic E-state index is 12.4. The van der Waals surface area contributed by atoms with Crippen LogP contribution in [0.15, 0.2) is 24.5 Å². The number of hydrogen-bond donors (Lipinski definition) is 2. The highest BCUT2D eigenvalue weighted by molar-refractivity contribution is 6.19. The molecule has 21 heavy (non-hydrogen) atoms. The number of hydrogen-bond acceptors (Lipinski definition) is 4. The molecule has 1 fully saturated rings. The quantitative estimate of drug-likeness (QED) is 0.802. The number of carbonyl (C=O) groups excluding carboxylic acids is 3. The van der Waals surface area contributed by atoms with Crippen molar-refractivity contribution in [2.45, 2.75) is 33.1 Å². The van der Waals surface area contributed by atoms with Gasteiger partial charge in [-0.25, -0.2) is 4.79 Å². The highest BCUT2D eigenvalue weighted by Gasteiger charge is 2.52. The molecule has 1 aliphatic heterocycles. The first-order valence-electron chi connectivity index (χ1n) is 7.06. The molecule has 0 radical (unpaired) electrons. The van der Waals surface area contributed by atoms with Gasteiger partial charge in [0.05, 0.1) is 0 Å². The molecular formula is C15H19N3O3. The molecule has 1 aliphatic rings. The van der Waals surface area contributed by atoms with Crippen LogP contribution in [0.3, 0.4) is 0 Å². The zero-order valence-electron chi connectivity index (χ0n) is 12.2. The van der Waals surface area contributed by atoms with Crippen LogP contribution in [-0.2, 0) is 16.0 Å². The molecule has 2 N–H and O–H groups in total. The van der Waals surface area contributed by atoms with Crippen LogP contribution in [-0.4, -0.2) is 22.8 Å². The van der Waals surface area contributed by atoms with E-state index < -0.39 is 23.3 Å². The average molecular weight is 289 g/mol. The van der Waals surface area contributed by atoms with Crippen LogP contribution < -0.4 is 10.6 Å². The van der Waals surface area contributed by atoms with Gasteiger partial charge in [0.15, 0.2) is 0 Å². The summed E-state index contributed by atoms with van der Waals surface area (Å²) in [6, 6.07) is 2.97. The number of rotatable bonds is 5. The summed E-state index contributed by atoms with van der Waals surface area (Å²) < 4.78 is 0. The van der Waals surface area contributed by atoms with E-state index >= 15 is 0 Å². The average Bonchev–Trinajstić information content (AvgIpc) is 2.47. The standard InChI is InChI=1S/C15H19N3O3/c1-3-10(2)15(7-4-11-5-8-16-9-6-11)12(19)17-14(21)18-13(15)20/h5-6,8-10H,3-4,7H2,1-2H3,(H2,17,18,19,20,21)/t10-/m0/s1. The summed E-state index contributed by atoms with van der Waals surface area (Å²) in [6.07, 6.45) is 4.95. The van der Waals surface area contributed by atoms with Gasteiger partial charge in [0.2, 0.25) is 11.8 Å². The SMILES string of the molecule is CC[C@H](C)C1(CCc2ccncc2)C(=O)NC(=O)NC1=O. The number of nitrogens with zero attached hydrogens (tertiary/aromatic N) is 1. The molecule has 0 unspecified atom stereocenters. The van der Waals surface area contributed by atoms with Crippen LogP contribution in [0.2, 0.25) is 0 Å². The first kappa shape index (κ1) is 15.2. The molecule has 0 aliphatic carbocycles. The van der Waals surface area contributed by atoms with Crippen LogP contribution in [0.25, 0.3) is 0 Å². The summed E-state index contributed by atoms with van der Waals surface area (Å²) in [4.78, 5) is 39.9. The van der Waals surface area contributed by atoms with Crippen LogP contribution in [0.1, 0.15) is 32.3 Å². The Hall–Kier alpha value is -2.24. The Kier molecular flexibility index (Phi) is 4.35. The van der Waals surface area contributed by atoms with Crippen LogP contribution >= 0.6 is 0 Å². The largest absolute Gasteiger partial charge is 0.328 e. The van der Waals surface area contributed by atoms with Gasteiger partial charge in [-0.05, 0) is 36.5 Å². The van der Waals surface area contributed by atoms with Gasteiger partial charge in [-0.1, -0.05) is 20.3 Å². The molecule has 6 heteroatoms. The number of pyridine rings is 1. The second kappa shape index (κ2) is 6.03. The molecular weight excluding hydrogens is 270 g/mol. The van der Waals surface area contributed by atoms with Gasteiger partial charge in [0.25, 0.3) is 0 Å². The maximum Gasteiger partial charge on any atom is 0.328 e. The molecule has 1 aromatic rings. The van der Waals surface area contributed by atoms with Crippen molar-refractivity contribution < 1.29 is 14.4 Å². The number of aromatic nitrogens is 1. The van der Waals surface area contributed by atoms with Gasteiger partial charge in [0, 0.05) is 12.4 Å². The number of imide groups is 2. The third kappa shape index (κ3) is 2.79. The van der Waals surface area contributed by atoms with Gasteiger partial charge in [-0.2, -0.15) is 0 Å². The fourth-order valence-corrected chi connectivity index (χ4v) is 2.72. The van der Waals surface area contributed by atoms with Crippen molar-refractivity contribution in [3.05, 3.63) is 30.1 Å². The van der Waals surface area contributed by atoms with E-state index in [1.54, 1.807) is 12.4 Å². The van der Waals surface area contributed by atoms with E-state index in [1.165, 1.54) is 0 Å². The van der Waals surface area contributed by atoms with Crippen LogP contribution in [0.4, 0.5) is 4.79 Å². The molecule has 2 rings (SSSR count). The minimum Gasteiger partial charge on any atom is -0.277 e. The summed E-state index contributed by atoms with van der Waals surface area (Å²) >= 11 is 0. The zero-order valence-corrected chi connectivity index (χ0v) is 12.2. The number of urea groups is 1. The Balaban J connectivity index is 2.27. The molecule has 6 nitrogen and oxygen atoms in total. The Morgan fingerprint density at radius 1 is 1.14 bits per heavy atom. The van der Waals surface area contributed by atoms with Gasteiger partial charge in [-0.15, -0.1) is 0 Å². The lowest BCUT2D eigenvalue weighted by molar-refractivity contribution is -0.148. The summed E-state index contributed by atoms with van der Waals surface area (Å²) in [5.41, 5.74) is -0.198. The fourth-order valence-electron chi connectivity index (χ4n) is 2.72. The summed E-state index contributed by atoms with van der Waals surface area (Å²) in [5, 5.41) is 4.46. The summed E-state index contributed by atoms with van der Waals surface area (Å²) in [5.74, 6) is -1.16. The molecule has 0 bridgehead atoms. The minimum absolute atomic E-state index is 0.160. The van der Waals surface area contributed by atoms with Gasteiger partial charge < -0.3 is 0 Å². The molecule has 1 aromatic heterocycles. The predicted molar refractivity (Wildman–Crippen MR) is 76.1 cm³/mol. The summed E-state index contributed by atoms with van der Waals surface area (Å²) in [6.45, 7) is 3.79. The Bertz CT molecular complexity index is 537. The molecule has 112 valence electrons. The second-order valence-electron chi connectivity index (χ2n) is 5.37. The lowest BCUT2D eigenvalue weighted by Crippen LogP contribution is -2.64. The Morgan fingerprint density at radius 3 is 2.24 bits per heavy atom. The number of aryl methyl sites for hydroxylation is 1. The van der Waals surface area contributed by atoms with Crippen molar-refractivity contribution in [3.8, 4) is 0 Å². The zero-order chi connectivity index (χ0) is 15.5. The van der Waals surface area contributed by atoms with Crippen molar-refractivity contribution in [1.29, 1.82) is 0 Å². The molecule has 0 spiro atoms. The van der Waals surface area contributed by atoms with Crippen molar-refractivity contribution in [1.82, 2.24) is 15.6 Å². The molecule has 0 saturated carbocycles. The first-order valence-corrected chi connectivity index (χ1v) is 7.06. The molecule has 2 heterocycles. The Labute approximate surface area is 123 Å². The normalized spacial score (nSPS) is 18.9. The molecule has 1 atom stereocenters. The number of barbiturate groups is 1. The molecule has 0 aromatic carbocycles. The molecule has 1 saturated heterocycles. The third-order valence-corrected chi connectivity index (χ3v) is 4.28. The summed E-state index contributed by atoms with van der Waals surface area (Å²) in [7, 11) is 0. The van der Waals surface area contributed by atoms with E-state index in [0.29, 0.717) is 19.3 Å². The monoisotopic (exact) mass is 289 g/mol. The topological polar surface area (TPSA) is 88.2 Å². The van der Waals surface area contributed by atoms with E-state index in [1.807, 2.05) is 26.0 Å². The van der Waals surface area contributed by atoms with Gasteiger partial charge in [-0.3, -0.25) is 25.2 Å². The van der Waals surface area contributed by atoms with Crippen molar-refractivity contribution in [3.63, 3.8) is 0 Å². The first-order chi connectivity index (χ1) is 10.0. The van der Waals surface area contributed by atoms with Gasteiger partial charge in [0.1, 0.15) is 5.41 Å². The highest BCUT2D eigenvalue weighted by Crippen LogP contribution is 2.37. The van der Waals surface area contributed by atoms with Crippen molar-refractivity contribution >= 4 is 17.8 Å². The number of carbonyl (C=O) groups is 3. The van der Waals surface area contributed by atoms with Gasteiger partial charge >= 0.3 is 6.03 Å². The lowest BCUT2D eigenvalue weighted by atomic mass is 9.69. The number of amides is 4. The predicted octanol–water partition coefficient (Wildman–Crippen LogP) is 1.41. The Morgan fingerprint density at radius 2 is 1.71 bits per heavy atom. The fraction of sp³-hybridized carbons (Fsp3) is 0.467.